The van der Waals surface area contributed by atoms with Gasteiger partial charge in [0.15, 0.2) is 0 Å². The number of hydrogen-bond acceptors (Lipinski definition) is 4. The standard InChI is InChI=1S/C32H40Cl2N4O3/c1-21-5-7-27(33)15-29(21)32(41)37-19-25-17-35(18-26(25)20-37)11-4-12-38(28-8-6-22(2)30(34)16-28)31(40)24-9-13-36(14-10-24)23(3)39/h5-8,15-16,24-26H,4,9-14,17-20H2,1-3H3. The first kappa shape index (κ1) is 29.9. The van der Waals surface area contributed by atoms with E-state index >= 15 is 0 Å². The number of nitrogens with zero attached hydrogens (tertiary/aromatic N) is 4. The third-order valence-electron chi connectivity index (χ3n) is 9.16. The molecule has 0 bridgehead atoms. The second kappa shape index (κ2) is 12.7. The van der Waals surface area contributed by atoms with E-state index in [1.54, 1.807) is 13.0 Å². The monoisotopic (exact) mass is 598 g/mol. The molecule has 2 atom stereocenters. The first-order chi connectivity index (χ1) is 19.6. The van der Waals surface area contributed by atoms with E-state index in [2.05, 4.69) is 4.90 Å². The minimum absolute atomic E-state index is 0.0699. The number of rotatable bonds is 7. The van der Waals surface area contributed by atoms with Crippen LogP contribution in [-0.4, -0.2) is 84.8 Å². The van der Waals surface area contributed by atoms with E-state index in [4.69, 9.17) is 23.2 Å². The fourth-order valence-electron chi connectivity index (χ4n) is 6.66. The van der Waals surface area contributed by atoms with Gasteiger partial charge in [-0.2, -0.15) is 0 Å². The molecule has 9 heteroatoms. The van der Waals surface area contributed by atoms with Crippen molar-refractivity contribution < 1.29 is 14.4 Å². The summed E-state index contributed by atoms with van der Waals surface area (Å²) < 4.78 is 0. The molecule has 3 amide bonds. The molecule has 0 spiro atoms. The van der Waals surface area contributed by atoms with Gasteiger partial charge in [0, 0.05) is 80.0 Å². The van der Waals surface area contributed by atoms with Crippen LogP contribution in [-0.2, 0) is 9.59 Å². The van der Waals surface area contributed by atoms with Gasteiger partial charge < -0.3 is 19.6 Å². The van der Waals surface area contributed by atoms with Crippen molar-refractivity contribution in [1.82, 2.24) is 14.7 Å². The summed E-state index contributed by atoms with van der Waals surface area (Å²) >= 11 is 12.6. The number of benzene rings is 2. The number of likely N-dealkylation sites (tertiary alicyclic amines) is 3. The second-order valence-corrected chi connectivity index (χ2v) is 12.9. The molecule has 7 nitrogen and oxygen atoms in total. The van der Waals surface area contributed by atoms with E-state index < -0.39 is 0 Å². The van der Waals surface area contributed by atoms with Crippen molar-refractivity contribution in [1.29, 1.82) is 0 Å². The van der Waals surface area contributed by atoms with Gasteiger partial charge in [-0.1, -0.05) is 35.3 Å². The van der Waals surface area contributed by atoms with E-state index in [0.717, 1.165) is 56.0 Å². The van der Waals surface area contributed by atoms with Crippen molar-refractivity contribution in [3.63, 3.8) is 0 Å². The van der Waals surface area contributed by atoms with Crippen LogP contribution in [0.1, 0.15) is 47.7 Å². The van der Waals surface area contributed by atoms with E-state index in [0.29, 0.717) is 59.9 Å². The smallest absolute Gasteiger partial charge is 0.254 e. The summed E-state index contributed by atoms with van der Waals surface area (Å²) in [6.45, 7) is 11.8. The summed E-state index contributed by atoms with van der Waals surface area (Å²) in [6, 6.07) is 11.4. The summed E-state index contributed by atoms with van der Waals surface area (Å²) in [5, 5.41) is 1.25. The average molecular weight is 600 g/mol. The highest BCUT2D eigenvalue weighted by Gasteiger charge is 2.41. The third kappa shape index (κ3) is 6.73. The Morgan fingerprint density at radius 2 is 1.54 bits per heavy atom. The zero-order chi connectivity index (χ0) is 29.3. The Labute approximate surface area is 253 Å². The topological polar surface area (TPSA) is 64.2 Å². The largest absolute Gasteiger partial charge is 0.343 e. The van der Waals surface area contributed by atoms with E-state index in [1.807, 2.05) is 58.9 Å². The van der Waals surface area contributed by atoms with Crippen LogP contribution in [0, 0.1) is 31.6 Å². The summed E-state index contributed by atoms with van der Waals surface area (Å²) in [5.74, 6) is 1.11. The van der Waals surface area contributed by atoms with Crippen LogP contribution in [0.2, 0.25) is 10.0 Å². The number of halogens is 2. The zero-order valence-electron chi connectivity index (χ0n) is 24.2. The van der Waals surface area contributed by atoms with Crippen molar-refractivity contribution in [3.8, 4) is 0 Å². The molecular weight excluding hydrogens is 559 g/mol. The van der Waals surface area contributed by atoms with Crippen molar-refractivity contribution in [3.05, 3.63) is 63.1 Å². The first-order valence-corrected chi connectivity index (χ1v) is 15.5. The number of fused-ring (bicyclic) bond motifs is 1. The molecule has 5 rings (SSSR count). The number of anilines is 1. The van der Waals surface area contributed by atoms with Gasteiger partial charge >= 0.3 is 0 Å². The van der Waals surface area contributed by atoms with Gasteiger partial charge in [-0.15, -0.1) is 0 Å². The lowest BCUT2D eigenvalue weighted by Crippen LogP contribution is -2.44. The minimum atomic E-state index is -0.0940. The minimum Gasteiger partial charge on any atom is -0.343 e. The molecule has 2 aromatic carbocycles. The third-order valence-corrected chi connectivity index (χ3v) is 9.80. The molecule has 2 aromatic rings. The van der Waals surface area contributed by atoms with E-state index in [9.17, 15) is 14.4 Å². The van der Waals surface area contributed by atoms with Gasteiger partial charge in [-0.05, 0) is 86.9 Å². The van der Waals surface area contributed by atoms with Gasteiger partial charge in [-0.25, -0.2) is 0 Å². The maximum absolute atomic E-state index is 13.7. The van der Waals surface area contributed by atoms with Gasteiger partial charge in [0.2, 0.25) is 11.8 Å². The molecule has 0 aliphatic carbocycles. The number of aryl methyl sites for hydroxylation is 2. The molecular formula is C32H40Cl2N4O3. The summed E-state index contributed by atoms with van der Waals surface area (Å²) in [6.07, 6.45) is 2.23. The molecule has 3 aliphatic heterocycles. The van der Waals surface area contributed by atoms with Crippen LogP contribution in [0.3, 0.4) is 0 Å². The highest BCUT2D eigenvalue weighted by atomic mass is 35.5. The molecule has 3 saturated heterocycles. The zero-order valence-corrected chi connectivity index (χ0v) is 25.8. The van der Waals surface area contributed by atoms with Gasteiger partial charge in [0.1, 0.15) is 0 Å². The maximum atomic E-state index is 13.7. The molecule has 41 heavy (non-hydrogen) atoms. The molecule has 0 saturated carbocycles. The van der Waals surface area contributed by atoms with Gasteiger partial charge in [0.05, 0.1) is 0 Å². The second-order valence-electron chi connectivity index (χ2n) is 12.0. The molecule has 2 unspecified atom stereocenters. The van der Waals surface area contributed by atoms with Gasteiger partial charge in [0.25, 0.3) is 5.91 Å². The molecule has 3 heterocycles. The molecule has 0 aromatic heterocycles. The predicted octanol–water partition coefficient (Wildman–Crippen LogP) is 5.30. The Bertz CT molecular complexity index is 1300. The van der Waals surface area contributed by atoms with Crippen molar-refractivity contribution in [2.45, 2.75) is 40.0 Å². The normalized spacial score (nSPS) is 21.3. The van der Waals surface area contributed by atoms with E-state index in [1.165, 1.54) is 0 Å². The fourth-order valence-corrected chi connectivity index (χ4v) is 7.01. The van der Waals surface area contributed by atoms with Gasteiger partial charge in [-0.3, -0.25) is 14.4 Å². The Morgan fingerprint density at radius 1 is 0.878 bits per heavy atom. The number of hydrogen-bond donors (Lipinski definition) is 0. The molecule has 3 aliphatic rings. The lowest BCUT2D eigenvalue weighted by molar-refractivity contribution is -0.133. The number of amides is 3. The Hall–Kier alpha value is -2.61. The Balaban J connectivity index is 1.17. The number of carbonyl (C=O) groups excluding carboxylic acids is 3. The number of carbonyl (C=O) groups is 3. The quantitative estimate of drug-likeness (QED) is 0.434. The number of piperidine rings is 1. The molecule has 0 radical (unpaired) electrons. The summed E-state index contributed by atoms with van der Waals surface area (Å²) in [7, 11) is 0. The van der Waals surface area contributed by atoms with Crippen LogP contribution in [0.15, 0.2) is 36.4 Å². The Morgan fingerprint density at radius 3 is 2.17 bits per heavy atom. The lowest BCUT2D eigenvalue weighted by Gasteiger charge is -2.34. The van der Waals surface area contributed by atoms with Crippen molar-refractivity contribution in [2.75, 3.05) is 57.3 Å². The fraction of sp³-hybridized carbons (Fsp3) is 0.531. The van der Waals surface area contributed by atoms with Crippen LogP contribution in [0.5, 0.6) is 0 Å². The maximum Gasteiger partial charge on any atom is 0.254 e. The first-order valence-electron chi connectivity index (χ1n) is 14.7. The van der Waals surface area contributed by atoms with Crippen LogP contribution >= 0.6 is 23.2 Å². The summed E-state index contributed by atoms with van der Waals surface area (Å²) in [4.78, 5) is 46.9. The van der Waals surface area contributed by atoms with Crippen molar-refractivity contribution in [2.24, 2.45) is 17.8 Å². The highest BCUT2D eigenvalue weighted by Crippen LogP contribution is 2.33. The SMILES string of the molecule is CC(=O)N1CCC(C(=O)N(CCCN2CC3CN(C(=O)c4cc(Cl)ccc4C)CC3C2)c2ccc(C)c(Cl)c2)CC1. The highest BCUT2D eigenvalue weighted by molar-refractivity contribution is 6.31. The van der Waals surface area contributed by atoms with Crippen LogP contribution in [0.25, 0.3) is 0 Å². The van der Waals surface area contributed by atoms with Crippen LogP contribution < -0.4 is 4.90 Å². The average Bonchev–Trinajstić information content (AvgIpc) is 3.52. The summed E-state index contributed by atoms with van der Waals surface area (Å²) in [5.41, 5.74) is 3.47. The van der Waals surface area contributed by atoms with Crippen molar-refractivity contribution >= 4 is 46.6 Å². The molecule has 220 valence electrons. The molecule has 0 N–H and O–H groups in total. The Kier molecular flexibility index (Phi) is 9.27. The van der Waals surface area contributed by atoms with Crippen LogP contribution in [0.4, 0.5) is 5.69 Å². The molecule has 3 fully saturated rings. The lowest BCUT2D eigenvalue weighted by atomic mass is 9.94. The van der Waals surface area contributed by atoms with E-state index in [-0.39, 0.29) is 23.6 Å². The predicted molar refractivity (Wildman–Crippen MR) is 164 cm³/mol.